The largest absolute Gasteiger partial charge is 0.494 e. The van der Waals surface area contributed by atoms with Crippen LogP contribution >= 0.6 is 0 Å². The summed E-state index contributed by atoms with van der Waals surface area (Å²) < 4.78 is 52.7. The number of methoxy groups -OCH3 is 1. The van der Waals surface area contributed by atoms with Crippen LogP contribution in [-0.2, 0) is 9.59 Å². The van der Waals surface area contributed by atoms with Crippen LogP contribution in [0.4, 0.5) is 23.5 Å². The number of nitrogen functional groups attached to an aromatic ring is 1. The number of piperidine rings is 1. The number of hydrogen-bond acceptors (Lipinski definition) is 9. The van der Waals surface area contributed by atoms with Gasteiger partial charge in [0.1, 0.15) is 0 Å². The van der Waals surface area contributed by atoms with Gasteiger partial charge in [0.25, 0.3) is 0 Å². The van der Waals surface area contributed by atoms with E-state index in [1.807, 2.05) is 4.90 Å². The summed E-state index contributed by atoms with van der Waals surface area (Å²) in [5.41, 5.74) is 6.28. The van der Waals surface area contributed by atoms with Gasteiger partial charge in [-0.15, -0.1) is 5.10 Å². The van der Waals surface area contributed by atoms with E-state index in [1.54, 1.807) is 13.8 Å². The molecule has 0 saturated carbocycles. The number of alkyl halides is 3. The van der Waals surface area contributed by atoms with Gasteiger partial charge in [-0.05, 0) is 52.6 Å². The third-order valence-electron chi connectivity index (χ3n) is 7.59. The highest BCUT2D eigenvalue weighted by atomic mass is 19.4. The van der Waals surface area contributed by atoms with Crippen LogP contribution in [0.25, 0.3) is 16.6 Å². The molecular weight excluding hydrogens is 578 g/mol. The first-order chi connectivity index (χ1) is 20.0. The minimum Gasteiger partial charge on any atom is -0.494 e. The molecule has 2 aromatic heterocycles. The van der Waals surface area contributed by atoms with Gasteiger partial charge in [-0.25, -0.2) is 19.2 Å². The number of β-amino-alcohol motifs (C(OH)–C–C–N with tert-alkyl or cyclic N) is 1. The summed E-state index contributed by atoms with van der Waals surface area (Å²) in [7, 11) is 1.40. The van der Waals surface area contributed by atoms with Gasteiger partial charge in [-0.1, -0.05) is 0 Å². The van der Waals surface area contributed by atoms with E-state index in [9.17, 15) is 27.5 Å². The van der Waals surface area contributed by atoms with E-state index in [0.29, 0.717) is 42.0 Å². The van der Waals surface area contributed by atoms with Crippen LogP contribution in [0, 0.1) is 11.7 Å². The Morgan fingerprint density at radius 3 is 2.42 bits per heavy atom. The second-order valence-corrected chi connectivity index (χ2v) is 11.6. The molecule has 1 amide bonds. The maximum Gasteiger partial charge on any atom is 0.490 e. The summed E-state index contributed by atoms with van der Waals surface area (Å²) in [6, 6.07) is 2.97. The third-order valence-corrected chi connectivity index (χ3v) is 7.59. The first kappa shape index (κ1) is 32.1. The molecule has 0 aliphatic carbocycles. The number of rotatable bonds is 5. The number of carbonyl (C=O) groups excluding carboxylic acids is 1. The fourth-order valence-electron chi connectivity index (χ4n) is 5.56. The van der Waals surface area contributed by atoms with Crippen molar-refractivity contribution in [2.75, 3.05) is 39.0 Å². The molecule has 4 heterocycles. The molecule has 0 radical (unpaired) electrons. The average molecular weight is 614 g/mol. The fraction of sp³-hybridized carbons (Fsp3) is 0.593. The number of nitrogens with two attached hydrogens (primary N) is 1. The molecule has 2 fully saturated rings. The van der Waals surface area contributed by atoms with Crippen molar-refractivity contribution in [3.63, 3.8) is 0 Å². The Balaban J connectivity index is 0.000000541. The van der Waals surface area contributed by atoms with Crippen LogP contribution in [0.5, 0.6) is 5.75 Å². The lowest BCUT2D eigenvalue weighted by atomic mass is 9.91. The number of fused-ring (bicyclic) bond motifs is 3. The van der Waals surface area contributed by atoms with Crippen molar-refractivity contribution in [2.45, 2.75) is 63.8 Å². The summed E-state index contributed by atoms with van der Waals surface area (Å²) in [5, 5.41) is 22.4. The summed E-state index contributed by atoms with van der Waals surface area (Å²) >= 11 is 0. The van der Waals surface area contributed by atoms with E-state index in [-0.39, 0.29) is 35.5 Å². The number of carboxylic acid groups (broad SMARTS) is 1. The maximum absolute atomic E-state index is 14.5. The van der Waals surface area contributed by atoms with Gasteiger partial charge in [-0.2, -0.15) is 17.7 Å². The maximum atomic E-state index is 14.5. The molecule has 0 unspecified atom stereocenters. The third kappa shape index (κ3) is 7.24. The number of aromatic nitrogens is 4. The quantitative estimate of drug-likeness (QED) is 0.365. The number of ether oxygens (including phenoxy) is 1. The van der Waals surface area contributed by atoms with Crippen LogP contribution in [-0.4, -0.2) is 103 Å². The molecule has 2 aliphatic rings. The number of halogens is 4. The number of likely N-dealkylation sites (tertiary alicyclic amines) is 2. The smallest absolute Gasteiger partial charge is 0.490 e. The molecule has 3 atom stereocenters. The van der Waals surface area contributed by atoms with Crippen molar-refractivity contribution in [1.29, 1.82) is 0 Å². The van der Waals surface area contributed by atoms with Crippen LogP contribution < -0.4 is 10.5 Å². The highest BCUT2D eigenvalue weighted by Gasteiger charge is 2.39. The first-order valence-corrected chi connectivity index (χ1v) is 13.7. The second-order valence-electron chi connectivity index (χ2n) is 11.6. The lowest BCUT2D eigenvalue weighted by Crippen LogP contribution is -2.48. The average Bonchev–Trinajstić information content (AvgIpc) is 3.56. The van der Waals surface area contributed by atoms with Crippen molar-refractivity contribution in [3.05, 3.63) is 23.8 Å². The predicted octanol–water partition coefficient (Wildman–Crippen LogP) is 2.83. The molecule has 2 aliphatic heterocycles. The van der Waals surface area contributed by atoms with Crippen LogP contribution in [0.1, 0.15) is 51.8 Å². The Bertz CT molecular complexity index is 1510. The highest BCUT2D eigenvalue weighted by Crippen LogP contribution is 2.33. The molecule has 236 valence electrons. The first-order valence-electron chi connectivity index (χ1n) is 13.7. The van der Waals surface area contributed by atoms with Crippen LogP contribution in [0.3, 0.4) is 0 Å². The van der Waals surface area contributed by atoms with Crippen LogP contribution in [0.2, 0.25) is 0 Å². The zero-order valence-electron chi connectivity index (χ0n) is 24.2. The van der Waals surface area contributed by atoms with E-state index >= 15 is 0 Å². The SMILES string of the molecule is COc1cc2nc(N)n3nc([C@@H]4CC[C@H](C)N(C(=O)[C@@H]5CCN(CC(C)(C)O)C5)C4)nc3c2cc1F.O=C(O)C(F)(F)F. The Morgan fingerprint density at radius 1 is 1.14 bits per heavy atom. The molecule has 12 nitrogen and oxygen atoms in total. The van der Waals surface area contributed by atoms with E-state index < -0.39 is 23.6 Å². The summed E-state index contributed by atoms with van der Waals surface area (Å²) in [6.07, 6.45) is -2.62. The van der Waals surface area contributed by atoms with Crippen molar-refractivity contribution < 1.29 is 42.1 Å². The van der Waals surface area contributed by atoms with E-state index in [1.165, 1.54) is 23.8 Å². The van der Waals surface area contributed by atoms with Crippen LogP contribution in [0.15, 0.2) is 12.1 Å². The minimum atomic E-state index is -5.08. The Morgan fingerprint density at radius 2 is 1.81 bits per heavy atom. The van der Waals surface area contributed by atoms with Gasteiger partial charge in [0, 0.05) is 43.0 Å². The van der Waals surface area contributed by atoms with Gasteiger partial charge < -0.3 is 25.6 Å². The normalized spacial score (nSPS) is 21.6. The van der Waals surface area contributed by atoms with Gasteiger partial charge in [-0.3, -0.25) is 9.69 Å². The molecule has 43 heavy (non-hydrogen) atoms. The predicted molar refractivity (Wildman–Crippen MR) is 147 cm³/mol. The topological polar surface area (TPSA) is 159 Å². The molecule has 4 N–H and O–H groups in total. The number of aliphatic carboxylic acids is 1. The van der Waals surface area contributed by atoms with Crippen molar-refractivity contribution in [1.82, 2.24) is 29.4 Å². The lowest BCUT2D eigenvalue weighted by Gasteiger charge is -2.38. The Hall–Kier alpha value is -3.79. The molecule has 5 rings (SSSR count). The van der Waals surface area contributed by atoms with Gasteiger partial charge in [0.05, 0.1) is 24.1 Å². The van der Waals surface area contributed by atoms with Gasteiger partial charge in [0.2, 0.25) is 11.9 Å². The number of aliphatic hydroxyl groups is 1. The molecule has 3 aromatic rings. The number of hydrogen-bond donors (Lipinski definition) is 3. The second kappa shape index (κ2) is 12.1. The monoisotopic (exact) mass is 613 g/mol. The van der Waals surface area contributed by atoms with E-state index in [2.05, 4.69) is 21.9 Å². The standard InChI is InChI=1S/C25H34FN7O3.C2HF3O2/c1-14-5-6-15(12-32(14)23(34)16-7-8-31(11-16)13-25(2,3)35)21-29-22-17-9-18(26)20(36-4)10-19(17)28-24(27)33(22)30-21;3-2(4,5)1(6)7/h9-10,14-16,35H,5-8,11-13H2,1-4H3,(H2,27,28);(H,6,7)/t14-,15+,16+;/m0./s1. The molecule has 0 bridgehead atoms. The number of anilines is 1. The number of carbonyl (C=O) groups is 2. The van der Waals surface area contributed by atoms with Crippen molar-refractivity contribution in [2.24, 2.45) is 5.92 Å². The summed E-state index contributed by atoms with van der Waals surface area (Å²) in [6.45, 7) is 8.20. The molecule has 0 spiro atoms. The molecule has 1 aromatic carbocycles. The molecule has 16 heteroatoms. The number of carboxylic acids is 1. The number of nitrogens with zero attached hydrogens (tertiary/aromatic N) is 6. The zero-order valence-corrected chi connectivity index (χ0v) is 24.2. The van der Waals surface area contributed by atoms with E-state index in [4.69, 9.17) is 25.4 Å². The van der Waals surface area contributed by atoms with Gasteiger partial charge in [0.15, 0.2) is 23.0 Å². The highest BCUT2D eigenvalue weighted by molar-refractivity contribution is 5.93. The Labute approximate surface area is 244 Å². The van der Waals surface area contributed by atoms with Crippen molar-refractivity contribution in [3.8, 4) is 5.75 Å². The number of benzene rings is 1. The summed E-state index contributed by atoms with van der Waals surface area (Å²) in [4.78, 5) is 35.6. The lowest BCUT2D eigenvalue weighted by molar-refractivity contribution is -0.192. The van der Waals surface area contributed by atoms with Crippen molar-refractivity contribution >= 4 is 34.4 Å². The number of amides is 1. The Kier molecular flexibility index (Phi) is 9.02. The minimum absolute atomic E-state index is 0.0588. The molecular formula is C27H35F4N7O5. The fourth-order valence-corrected chi connectivity index (χ4v) is 5.56. The van der Waals surface area contributed by atoms with Gasteiger partial charge >= 0.3 is 12.1 Å². The summed E-state index contributed by atoms with van der Waals surface area (Å²) in [5.74, 6) is -2.45. The zero-order chi connectivity index (χ0) is 31.9. The molecule has 2 saturated heterocycles. The van der Waals surface area contributed by atoms with E-state index in [0.717, 1.165) is 25.8 Å².